The van der Waals surface area contributed by atoms with Gasteiger partial charge in [0.05, 0.1) is 18.6 Å². The first-order valence-corrected chi connectivity index (χ1v) is 7.63. The molecule has 1 atom stereocenters. The summed E-state index contributed by atoms with van der Waals surface area (Å²) in [6, 6.07) is 4.96. The van der Waals surface area contributed by atoms with Crippen molar-refractivity contribution in [2.75, 3.05) is 6.54 Å². The monoisotopic (exact) mass is 305 g/mol. The second kappa shape index (κ2) is 6.38. The first-order valence-electron chi connectivity index (χ1n) is 7.63. The van der Waals surface area contributed by atoms with Crippen LogP contribution in [0.15, 0.2) is 18.2 Å². The fourth-order valence-electron chi connectivity index (χ4n) is 2.81. The van der Waals surface area contributed by atoms with Crippen molar-refractivity contribution in [3.63, 3.8) is 0 Å². The van der Waals surface area contributed by atoms with Crippen LogP contribution < -0.4 is 4.74 Å². The molecule has 0 aromatic heterocycles. The average molecular weight is 305 g/mol. The Labute approximate surface area is 130 Å². The number of carboxylic acid groups (broad SMARTS) is 1. The second-order valence-electron chi connectivity index (χ2n) is 6.38. The molecule has 2 rings (SSSR count). The number of carboxylic acids is 1. The molecule has 0 saturated carbocycles. The number of carbonyl (C=O) groups excluding carboxylic acids is 1. The SMILES string of the molecule is CC(C)CN1C(=O)c2cc(OC(C)C)ccc2C1CC(=O)O. The van der Waals surface area contributed by atoms with Crippen molar-refractivity contribution in [1.29, 1.82) is 0 Å². The molecule has 120 valence electrons. The van der Waals surface area contributed by atoms with Crippen molar-refractivity contribution in [2.24, 2.45) is 5.92 Å². The van der Waals surface area contributed by atoms with Gasteiger partial charge in [-0.25, -0.2) is 0 Å². The Hall–Kier alpha value is -2.04. The van der Waals surface area contributed by atoms with Gasteiger partial charge in [-0.3, -0.25) is 9.59 Å². The summed E-state index contributed by atoms with van der Waals surface area (Å²) in [4.78, 5) is 25.5. The summed E-state index contributed by atoms with van der Waals surface area (Å²) in [7, 11) is 0. The summed E-state index contributed by atoms with van der Waals surface area (Å²) in [5.74, 6) is -0.0883. The van der Waals surface area contributed by atoms with Gasteiger partial charge in [0.2, 0.25) is 0 Å². The Morgan fingerprint density at radius 3 is 2.55 bits per heavy atom. The number of ether oxygens (including phenoxy) is 1. The Balaban J connectivity index is 2.37. The number of hydrogen-bond donors (Lipinski definition) is 1. The van der Waals surface area contributed by atoms with Crippen molar-refractivity contribution in [3.8, 4) is 5.75 Å². The maximum Gasteiger partial charge on any atom is 0.305 e. The lowest BCUT2D eigenvalue weighted by molar-refractivity contribution is -0.138. The molecule has 1 unspecified atom stereocenters. The van der Waals surface area contributed by atoms with Crippen LogP contribution in [0.3, 0.4) is 0 Å². The van der Waals surface area contributed by atoms with Gasteiger partial charge in [0.15, 0.2) is 0 Å². The molecule has 0 saturated heterocycles. The fraction of sp³-hybridized carbons (Fsp3) is 0.529. The number of amides is 1. The molecule has 0 fully saturated rings. The largest absolute Gasteiger partial charge is 0.491 e. The van der Waals surface area contributed by atoms with E-state index in [0.717, 1.165) is 5.56 Å². The molecule has 0 aliphatic carbocycles. The van der Waals surface area contributed by atoms with Crippen LogP contribution in [0.2, 0.25) is 0 Å². The van der Waals surface area contributed by atoms with Crippen LogP contribution in [-0.2, 0) is 4.79 Å². The van der Waals surface area contributed by atoms with E-state index in [0.29, 0.717) is 17.9 Å². The predicted octanol–water partition coefficient (Wildman–Crippen LogP) is 3.10. The summed E-state index contributed by atoms with van der Waals surface area (Å²) in [5, 5.41) is 9.15. The van der Waals surface area contributed by atoms with Gasteiger partial charge < -0.3 is 14.7 Å². The molecule has 1 heterocycles. The molecule has 5 heteroatoms. The zero-order chi connectivity index (χ0) is 16.4. The second-order valence-corrected chi connectivity index (χ2v) is 6.38. The van der Waals surface area contributed by atoms with Gasteiger partial charge in [-0.05, 0) is 37.5 Å². The molecule has 1 amide bonds. The van der Waals surface area contributed by atoms with Crippen molar-refractivity contribution >= 4 is 11.9 Å². The van der Waals surface area contributed by atoms with Crippen LogP contribution in [0.1, 0.15) is 56.1 Å². The molecule has 22 heavy (non-hydrogen) atoms. The molecule has 0 bridgehead atoms. The summed E-state index contributed by atoms with van der Waals surface area (Å²) in [6.45, 7) is 8.43. The molecule has 1 N–H and O–H groups in total. The van der Waals surface area contributed by atoms with Gasteiger partial charge in [-0.1, -0.05) is 19.9 Å². The molecule has 1 aliphatic heterocycles. The van der Waals surface area contributed by atoms with Crippen molar-refractivity contribution in [2.45, 2.75) is 46.3 Å². The Morgan fingerprint density at radius 1 is 1.32 bits per heavy atom. The van der Waals surface area contributed by atoms with Gasteiger partial charge in [-0.15, -0.1) is 0 Å². The summed E-state index contributed by atoms with van der Waals surface area (Å²) in [5.41, 5.74) is 1.34. The summed E-state index contributed by atoms with van der Waals surface area (Å²) >= 11 is 0. The molecule has 0 spiro atoms. The number of fused-ring (bicyclic) bond motifs is 1. The number of benzene rings is 1. The minimum atomic E-state index is -0.901. The highest BCUT2D eigenvalue weighted by molar-refractivity contribution is 6.00. The van der Waals surface area contributed by atoms with Crippen molar-refractivity contribution in [3.05, 3.63) is 29.3 Å². The van der Waals surface area contributed by atoms with Gasteiger partial charge in [0, 0.05) is 12.1 Å². The summed E-state index contributed by atoms with van der Waals surface area (Å²) in [6.07, 6.45) is -0.0494. The van der Waals surface area contributed by atoms with E-state index >= 15 is 0 Å². The van der Waals surface area contributed by atoms with E-state index in [1.165, 1.54) is 0 Å². The highest BCUT2D eigenvalue weighted by Gasteiger charge is 2.38. The number of hydrogen-bond acceptors (Lipinski definition) is 3. The van der Waals surface area contributed by atoms with Gasteiger partial charge in [0.25, 0.3) is 5.91 Å². The molecular formula is C17H23NO4. The minimum absolute atomic E-state index is 0.0242. The lowest BCUT2D eigenvalue weighted by Gasteiger charge is -2.25. The van der Waals surface area contributed by atoms with Gasteiger partial charge >= 0.3 is 5.97 Å². The van der Waals surface area contributed by atoms with E-state index in [2.05, 4.69) is 0 Å². The van der Waals surface area contributed by atoms with E-state index in [1.54, 1.807) is 17.0 Å². The zero-order valence-corrected chi connectivity index (χ0v) is 13.5. The third-order valence-electron chi connectivity index (χ3n) is 3.55. The number of carbonyl (C=O) groups is 2. The minimum Gasteiger partial charge on any atom is -0.491 e. The molecular weight excluding hydrogens is 282 g/mol. The van der Waals surface area contributed by atoms with Crippen LogP contribution in [-0.4, -0.2) is 34.5 Å². The van der Waals surface area contributed by atoms with E-state index < -0.39 is 12.0 Å². The van der Waals surface area contributed by atoms with Gasteiger partial charge in [-0.2, -0.15) is 0 Å². The topological polar surface area (TPSA) is 66.8 Å². The maximum atomic E-state index is 12.6. The number of aliphatic carboxylic acids is 1. The quantitative estimate of drug-likeness (QED) is 0.877. The standard InChI is InChI=1S/C17H23NO4/c1-10(2)9-18-15(8-16(19)20)13-6-5-12(22-11(3)4)7-14(13)17(18)21/h5-7,10-11,15H,8-9H2,1-4H3,(H,19,20). The zero-order valence-electron chi connectivity index (χ0n) is 13.5. The van der Waals surface area contributed by atoms with Crippen molar-refractivity contribution in [1.82, 2.24) is 4.90 Å². The predicted molar refractivity (Wildman–Crippen MR) is 83.1 cm³/mol. The highest BCUT2D eigenvalue weighted by Crippen LogP contribution is 2.38. The van der Waals surface area contributed by atoms with Crippen molar-refractivity contribution < 1.29 is 19.4 Å². The van der Waals surface area contributed by atoms with Crippen LogP contribution in [0.4, 0.5) is 0 Å². The normalized spacial score (nSPS) is 17.3. The van der Waals surface area contributed by atoms with E-state index in [-0.39, 0.29) is 24.3 Å². The van der Waals surface area contributed by atoms with E-state index in [1.807, 2.05) is 33.8 Å². The number of nitrogens with zero attached hydrogens (tertiary/aromatic N) is 1. The van der Waals surface area contributed by atoms with Gasteiger partial charge in [0.1, 0.15) is 5.75 Å². The molecule has 0 radical (unpaired) electrons. The maximum absolute atomic E-state index is 12.6. The third-order valence-corrected chi connectivity index (χ3v) is 3.55. The Morgan fingerprint density at radius 2 is 2.00 bits per heavy atom. The third kappa shape index (κ3) is 3.40. The van der Waals surface area contributed by atoms with Crippen LogP contribution >= 0.6 is 0 Å². The molecule has 5 nitrogen and oxygen atoms in total. The Bertz CT molecular complexity index is 580. The fourth-order valence-corrected chi connectivity index (χ4v) is 2.81. The van der Waals surface area contributed by atoms with Crippen LogP contribution in [0.5, 0.6) is 5.75 Å². The molecule has 1 aromatic carbocycles. The molecule has 1 aromatic rings. The summed E-state index contributed by atoms with van der Waals surface area (Å²) < 4.78 is 5.63. The van der Waals surface area contributed by atoms with E-state index in [4.69, 9.17) is 9.84 Å². The Kier molecular flexibility index (Phi) is 4.74. The number of rotatable bonds is 6. The lowest BCUT2D eigenvalue weighted by atomic mass is 10.0. The smallest absolute Gasteiger partial charge is 0.305 e. The first kappa shape index (κ1) is 16.3. The van der Waals surface area contributed by atoms with E-state index in [9.17, 15) is 9.59 Å². The average Bonchev–Trinajstić information content (AvgIpc) is 2.62. The highest BCUT2D eigenvalue weighted by atomic mass is 16.5. The first-order chi connectivity index (χ1) is 10.3. The lowest BCUT2D eigenvalue weighted by Crippen LogP contribution is -2.32. The van der Waals surface area contributed by atoms with Crippen LogP contribution in [0, 0.1) is 5.92 Å². The molecule has 1 aliphatic rings. The van der Waals surface area contributed by atoms with Crippen LogP contribution in [0.25, 0.3) is 0 Å².